The fourth-order valence-corrected chi connectivity index (χ4v) is 1.93. The van der Waals surface area contributed by atoms with E-state index in [-0.39, 0.29) is 5.28 Å². The molecule has 0 unspecified atom stereocenters. The van der Waals surface area contributed by atoms with Crippen LogP contribution in [0.2, 0.25) is 5.28 Å². The van der Waals surface area contributed by atoms with Crippen LogP contribution in [0.25, 0.3) is 11.0 Å². The molecule has 0 aliphatic rings. The van der Waals surface area contributed by atoms with Crippen molar-refractivity contribution in [3.8, 4) is 5.88 Å². The molecule has 2 aromatic heterocycles. The number of aromatic nitrogens is 4. The highest BCUT2D eigenvalue weighted by Gasteiger charge is 2.09. The molecule has 0 amide bonds. The molecule has 0 aliphatic carbocycles. The van der Waals surface area contributed by atoms with E-state index in [0.29, 0.717) is 18.1 Å². The highest BCUT2D eigenvalue weighted by Crippen LogP contribution is 2.22. The number of nitrogens with one attached hydrogen (secondary N) is 1. The maximum Gasteiger partial charge on any atom is 0.229 e. The van der Waals surface area contributed by atoms with Gasteiger partial charge in [-0.15, -0.1) is 0 Å². The third-order valence-corrected chi connectivity index (χ3v) is 2.90. The van der Waals surface area contributed by atoms with Crippen LogP contribution >= 0.6 is 11.6 Å². The Hall–Kier alpha value is -1.36. The van der Waals surface area contributed by atoms with Crippen molar-refractivity contribution in [2.45, 2.75) is 39.0 Å². The van der Waals surface area contributed by atoms with Crippen LogP contribution in [0.5, 0.6) is 5.88 Å². The quantitative estimate of drug-likeness (QED) is 0.618. The molecule has 0 atom stereocenters. The summed E-state index contributed by atoms with van der Waals surface area (Å²) < 4.78 is 5.64. The molecular formula is C12H17ClN4O. The SMILES string of the molecule is CCCCCCCOc1nc(Cl)nc2[nH]ncc12. The number of fused-ring (bicyclic) bond motifs is 1. The first-order valence-corrected chi connectivity index (χ1v) is 6.68. The van der Waals surface area contributed by atoms with Crippen molar-refractivity contribution in [3.05, 3.63) is 11.5 Å². The lowest BCUT2D eigenvalue weighted by molar-refractivity contribution is 0.297. The van der Waals surface area contributed by atoms with Crippen molar-refractivity contribution in [3.63, 3.8) is 0 Å². The lowest BCUT2D eigenvalue weighted by atomic mass is 10.2. The Bertz CT molecular complexity index is 500. The Morgan fingerprint density at radius 2 is 2.06 bits per heavy atom. The molecule has 6 heteroatoms. The number of nitrogens with zero attached hydrogens (tertiary/aromatic N) is 3. The zero-order valence-electron chi connectivity index (χ0n) is 10.4. The molecule has 0 saturated heterocycles. The molecule has 98 valence electrons. The number of ether oxygens (including phenoxy) is 1. The predicted molar refractivity (Wildman–Crippen MR) is 70.9 cm³/mol. The van der Waals surface area contributed by atoms with E-state index in [9.17, 15) is 0 Å². The van der Waals surface area contributed by atoms with Crippen molar-refractivity contribution in [2.75, 3.05) is 6.61 Å². The molecule has 2 rings (SSSR count). The van der Waals surface area contributed by atoms with Gasteiger partial charge in [0.15, 0.2) is 5.65 Å². The van der Waals surface area contributed by atoms with Crippen molar-refractivity contribution in [2.24, 2.45) is 0 Å². The van der Waals surface area contributed by atoms with Crippen LogP contribution in [0.1, 0.15) is 39.0 Å². The summed E-state index contributed by atoms with van der Waals surface area (Å²) in [6, 6.07) is 0. The maximum absolute atomic E-state index is 5.81. The van der Waals surface area contributed by atoms with Gasteiger partial charge in [0.25, 0.3) is 0 Å². The first-order chi connectivity index (χ1) is 8.81. The van der Waals surface area contributed by atoms with Crippen molar-refractivity contribution in [1.82, 2.24) is 20.2 Å². The maximum atomic E-state index is 5.81. The summed E-state index contributed by atoms with van der Waals surface area (Å²) >= 11 is 5.81. The Kier molecular flexibility index (Phi) is 4.75. The lowest BCUT2D eigenvalue weighted by Gasteiger charge is -2.05. The van der Waals surface area contributed by atoms with E-state index in [0.717, 1.165) is 11.8 Å². The molecule has 0 fully saturated rings. The summed E-state index contributed by atoms with van der Waals surface area (Å²) in [4.78, 5) is 8.10. The molecule has 0 spiro atoms. The van der Waals surface area contributed by atoms with Gasteiger partial charge in [0, 0.05) is 0 Å². The summed E-state index contributed by atoms with van der Waals surface area (Å²) in [5.74, 6) is 0.509. The second-order valence-corrected chi connectivity index (χ2v) is 4.53. The van der Waals surface area contributed by atoms with Gasteiger partial charge in [0.1, 0.15) is 5.39 Å². The molecule has 0 aromatic carbocycles. The molecule has 18 heavy (non-hydrogen) atoms. The van der Waals surface area contributed by atoms with Gasteiger partial charge in [-0.25, -0.2) is 0 Å². The number of unbranched alkanes of at least 4 members (excludes halogenated alkanes) is 4. The van der Waals surface area contributed by atoms with Gasteiger partial charge in [-0.3, -0.25) is 5.10 Å². The number of H-pyrrole nitrogens is 1. The van der Waals surface area contributed by atoms with E-state index in [1.807, 2.05) is 0 Å². The molecule has 2 aromatic rings. The summed E-state index contributed by atoms with van der Waals surface area (Å²) in [5.41, 5.74) is 0.607. The first kappa shape index (κ1) is 13.1. The van der Waals surface area contributed by atoms with Crippen molar-refractivity contribution < 1.29 is 4.74 Å². The van der Waals surface area contributed by atoms with Gasteiger partial charge in [0.2, 0.25) is 11.2 Å². The predicted octanol–water partition coefficient (Wildman–Crippen LogP) is 3.36. The van der Waals surface area contributed by atoms with Gasteiger partial charge >= 0.3 is 0 Å². The van der Waals surface area contributed by atoms with Gasteiger partial charge < -0.3 is 4.74 Å². The molecule has 5 nitrogen and oxygen atoms in total. The lowest BCUT2D eigenvalue weighted by Crippen LogP contribution is -2.00. The molecule has 1 N–H and O–H groups in total. The van der Waals surface area contributed by atoms with Crippen molar-refractivity contribution >= 4 is 22.6 Å². The molecule has 0 saturated carbocycles. The van der Waals surface area contributed by atoms with Crippen LogP contribution in [-0.2, 0) is 0 Å². The average molecular weight is 269 g/mol. The second kappa shape index (κ2) is 6.54. The van der Waals surface area contributed by atoms with Crippen LogP contribution in [0, 0.1) is 0 Å². The summed E-state index contributed by atoms with van der Waals surface area (Å²) in [6.07, 6.45) is 7.65. The first-order valence-electron chi connectivity index (χ1n) is 6.30. The zero-order chi connectivity index (χ0) is 12.8. The van der Waals surface area contributed by atoms with E-state index >= 15 is 0 Å². The molecule has 2 heterocycles. The highest BCUT2D eigenvalue weighted by atomic mass is 35.5. The smallest absolute Gasteiger partial charge is 0.229 e. The minimum Gasteiger partial charge on any atom is -0.477 e. The van der Waals surface area contributed by atoms with Gasteiger partial charge in [-0.05, 0) is 18.0 Å². The largest absolute Gasteiger partial charge is 0.477 e. The third kappa shape index (κ3) is 3.32. The van der Waals surface area contributed by atoms with Crippen LogP contribution in [0.3, 0.4) is 0 Å². The summed E-state index contributed by atoms with van der Waals surface area (Å²) in [7, 11) is 0. The van der Waals surface area contributed by atoms with E-state index < -0.39 is 0 Å². The van der Waals surface area contributed by atoms with Crippen LogP contribution in [0.15, 0.2) is 6.20 Å². The van der Waals surface area contributed by atoms with Crippen molar-refractivity contribution in [1.29, 1.82) is 0 Å². The summed E-state index contributed by atoms with van der Waals surface area (Å²) in [6.45, 7) is 2.85. The fourth-order valence-electron chi connectivity index (χ4n) is 1.77. The van der Waals surface area contributed by atoms with Gasteiger partial charge in [-0.2, -0.15) is 15.1 Å². The number of aromatic amines is 1. The minimum atomic E-state index is 0.174. The number of hydrogen-bond donors (Lipinski definition) is 1. The van der Waals surface area contributed by atoms with Crippen LogP contribution < -0.4 is 4.74 Å². The molecule has 0 radical (unpaired) electrons. The molecular weight excluding hydrogens is 252 g/mol. The van der Waals surface area contributed by atoms with E-state index in [4.69, 9.17) is 16.3 Å². The minimum absolute atomic E-state index is 0.174. The Morgan fingerprint density at radius 3 is 2.89 bits per heavy atom. The average Bonchev–Trinajstić information content (AvgIpc) is 2.81. The Balaban J connectivity index is 1.89. The monoisotopic (exact) mass is 268 g/mol. The Morgan fingerprint density at radius 1 is 1.22 bits per heavy atom. The number of hydrogen-bond acceptors (Lipinski definition) is 4. The molecule has 0 aliphatic heterocycles. The van der Waals surface area contributed by atoms with E-state index in [1.165, 1.54) is 25.7 Å². The van der Waals surface area contributed by atoms with Crippen LogP contribution in [0.4, 0.5) is 0 Å². The van der Waals surface area contributed by atoms with E-state index in [2.05, 4.69) is 27.1 Å². The molecule has 0 bridgehead atoms. The Labute approximate surface area is 111 Å². The summed E-state index contributed by atoms with van der Waals surface area (Å²) in [5, 5.41) is 7.60. The standard InChI is InChI=1S/C12H17ClN4O/c1-2-3-4-5-6-7-18-11-9-8-14-17-10(9)15-12(13)16-11/h8H,2-7H2,1H3,(H,14,15,16,17). The normalized spacial score (nSPS) is 11.0. The van der Waals surface area contributed by atoms with Gasteiger partial charge in [0.05, 0.1) is 12.8 Å². The van der Waals surface area contributed by atoms with Crippen LogP contribution in [-0.4, -0.2) is 26.8 Å². The zero-order valence-corrected chi connectivity index (χ0v) is 11.2. The topological polar surface area (TPSA) is 63.7 Å². The highest BCUT2D eigenvalue weighted by molar-refractivity contribution is 6.28. The third-order valence-electron chi connectivity index (χ3n) is 2.73. The number of halogens is 1. The second-order valence-electron chi connectivity index (χ2n) is 4.19. The van der Waals surface area contributed by atoms with E-state index in [1.54, 1.807) is 6.20 Å². The van der Waals surface area contributed by atoms with Gasteiger partial charge in [-0.1, -0.05) is 32.6 Å². The number of rotatable bonds is 7. The fraction of sp³-hybridized carbons (Fsp3) is 0.583.